The molecule has 1 aliphatic rings. The Morgan fingerprint density at radius 2 is 2.08 bits per heavy atom. The number of rotatable bonds is 7. The van der Waals surface area contributed by atoms with Crippen molar-refractivity contribution in [2.75, 3.05) is 32.8 Å². The van der Waals surface area contributed by atoms with Gasteiger partial charge in [-0.2, -0.15) is 0 Å². The second-order valence-electron chi connectivity index (χ2n) is 6.49. The van der Waals surface area contributed by atoms with E-state index < -0.39 is 0 Å². The molecule has 0 bridgehead atoms. The van der Waals surface area contributed by atoms with Crippen LogP contribution in [0.3, 0.4) is 0 Å². The van der Waals surface area contributed by atoms with Crippen molar-refractivity contribution in [3.63, 3.8) is 0 Å². The first-order valence-electron chi connectivity index (χ1n) is 8.83. The lowest BCUT2D eigenvalue weighted by Crippen LogP contribution is -2.38. The van der Waals surface area contributed by atoms with Gasteiger partial charge < -0.3 is 15.3 Å². The molecule has 0 radical (unpaired) electrons. The standard InChI is InChI=1S/C18H25N5O2/c24-12-15-5-3-9-22(11-15)10-4-8-19-18(25)16-6-1-2-7-17(16)23-13-20-21-14-23/h1-2,6-7,13-15,24H,3-5,8-12H2,(H,19,25). The molecule has 25 heavy (non-hydrogen) atoms. The molecule has 7 heteroatoms. The molecule has 1 aromatic carbocycles. The second kappa shape index (κ2) is 8.73. The highest BCUT2D eigenvalue weighted by Crippen LogP contribution is 2.16. The van der Waals surface area contributed by atoms with Gasteiger partial charge in [-0.3, -0.25) is 9.36 Å². The molecule has 2 heterocycles. The maximum atomic E-state index is 12.5. The van der Waals surface area contributed by atoms with Gasteiger partial charge in [0.2, 0.25) is 0 Å². The molecular weight excluding hydrogens is 318 g/mol. The van der Waals surface area contributed by atoms with Crippen molar-refractivity contribution in [2.24, 2.45) is 5.92 Å². The van der Waals surface area contributed by atoms with Crippen LogP contribution in [0.1, 0.15) is 29.6 Å². The zero-order valence-corrected chi connectivity index (χ0v) is 14.3. The molecule has 2 aromatic rings. The molecule has 0 spiro atoms. The van der Waals surface area contributed by atoms with Crippen LogP contribution in [0.5, 0.6) is 0 Å². The number of benzene rings is 1. The van der Waals surface area contributed by atoms with E-state index in [1.807, 2.05) is 18.2 Å². The topological polar surface area (TPSA) is 83.3 Å². The van der Waals surface area contributed by atoms with Crippen molar-refractivity contribution in [3.8, 4) is 5.69 Å². The van der Waals surface area contributed by atoms with Crippen molar-refractivity contribution in [3.05, 3.63) is 42.5 Å². The zero-order valence-electron chi connectivity index (χ0n) is 14.3. The zero-order chi connectivity index (χ0) is 17.5. The fourth-order valence-corrected chi connectivity index (χ4v) is 3.32. The number of carbonyl (C=O) groups excluding carboxylic acids is 1. The average molecular weight is 343 g/mol. The van der Waals surface area contributed by atoms with Crippen LogP contribution < -0.4 is 5.32 Å². The summed E-state index contributed by atoms with van der Waals surface area (Å²) in [5, 5.41) is 19.9. The molecule has 0 aliphatic carbocycles. The summed E-state index contributed by atoms with van der Waals surface area (Å²) < 4.78 is 1.73. The van der Waals surface area contributed by atoms with Crippen LogP contribution in [0.4, 0.5) is 0 Å². The summed E-state index contributed by atoms with van der Waals surface area (Å²) in [5.74, 6) is 0.315. The third kappa shape index (κ3) is 4.64. The number of piperidine rings is 1. The van der Waals surface area contributed by atoms with Gasteiger partial charge in [0, 0.05) is 19.7 Å². The molecule has 3 rings (SSSR count). The van der Waals surface area contributed by atoms with E-state index >= 15 is 0 Å². The molecule has 1 amide bonds. The molecule has 1 unspecified atom stereocenters. The number of hydrogen-bond donors (Lipinski definition) is 2. The Bertz CT molecular complexity index is 674. The number of likely N-dealkylation sites (tertiary alicyclic amines) is 1. The number of nitrogens with zero attached hydrogens (tertiary/aromatic N) is 4. The highest BCUT2D eigenvalue weighted by molar-refractivity contribution is 5.97. The number of aliphatic hydroxyl groups excluding tert-OH is 1. The fraction of sp³-hybridized carbons (Fsp3) is 0.500. The first-order chi connectivity index (χ1) is 12.3. The van der Waals surface area contributed by atoms with Gasteiger partial charge in [0.1, 0.15) is 12.7 Å². The third-order valence-corrected chi connectivity index (χ3v) is 4.64. The van der Waals surface area contributed by atoms with Gasteiger partial charge >= 0.3 is 0 Å². The van der Waals surface area contributed by atoms with Crippen LogP contribution in [0, 0.1) is 5.92 Å². The maximum Gasteiger partial charge on any atom is 0.253 e. The van der Waals surface area contributed by atoms with Gasteiger partial charge in [-0.05, 0) is 50.4 Å². The predicted molar refractivity (Wildman–Crippen MR) is 94.6 cm³/mol. The van der Waals surface area contributed by atoms with Gasteiger partial charge in [0.25, 0.3) is 5.91 Å². The smallest absolute Gasteiger partial charge is 0.253 e. The van der Waals surface area contributed by atoms with Gasteiger partial charge in [0.05, 0.1) is 11.3 Å². The third-order valence-electron chi connectivity index (χ3n) is 4.64. The minimum Gasteiger partial charge on any atom is -0.396 e. The number of aliphatic hydroxyl groups is 1. The average Bonchev–Trinajstić information content (AvgIpc) is 3.20. The first kappa shape index (κ1) is 17.6. The van der Waals surface area contributed by atoms with Crippen LogP contribution in [0.25, 0.3) is 5.69 Å². The Balaban J connectivity index is 1.49. The monoisotopic (exact) mass is 343 g/mol. The number of carbonyl (C=O) groups is 1. The van der Waals surface area contributed by atoms with E-state index in [0.29, 0.717) is 18.0 Å². The Kier molecular flexibility index (Phi) is 6.14. The highest BCUT2D eigenvalue weighted by Gasteiger charge is 2.18. The second-order valence-corrected chi connectivity index (χ2v) is 6.49. The minimum absolute atomic E-state index is 0.0869. The van der Waals surface area contributed by atoms with Crippen LogP contribution in [-0.4, -0.2) is 63.5 Å². The summed E-state index contributed by atoms with van der Waals surface area (Å²) in [6.07, 6.45) is 6.33. The van der Waals surface area contributed by atoms with Gasteiger partial charge in [-0.15, -0.1) is 10.2 Å². The molecule has 7 nitrogen and oxygen atoms in total. The molecule has 0 saturated carbocycles. The number of aromatic nitrogens is 3. The fourth-order valence-electron chi connectivity index (χ4n) is 3.32. The van der Waals surface area contributed by atoms with Crippen LogP contribution >= 0.6 is 0 Å². The lowest BCUT2D eigenvalue weighted by Gasteiger charge is -2.31. The van der Waals surface area contributed by atoms with Crippen LogP contribution in [0.2, 0.25) is 0 Å². The Hall–Kier alpha value is -2.25. The first-order valence-corrected chi connectivity index (χ1v) is 8.83. The highest BCUT2D eigenvalue weighted by atomic mass is 16.3. The molecule has 1 atom stereocenters. The summed E-state index contributed by atoms with van der Waals surface area (Å²) in [7, 11) is 0. The molecule has 1 aliphatic heterocycles. The molecular formula is C18H25N5O2. The van der Waals surface area contributed by atoms with E-state index in [4.69, 9.17) is 0 Å². The van der Waals surface area contributed by atoms with E-state index in [0.717, 1.165) is 44.6 Å². The van der Waals surface area contributed by atoms with Gasteiger partial charge in [0.15, 0.2) is 0 Å². The Morgan fingerprint density at radius 1 is 1.28 bits per heavy atom. The van der Waals surface area contributed by atoms with E-state index in [1.165, 1.54) is 0 Å². The van der Waals surface area contributed by atoms with Crippen molar-refractivity contribution in [2.45, 2.75) is 19.3 Å². The molecule has 1 aromatic heterocycles. The SMILES string of the molecule is O=C(NCCCN1CCCC(CO)C1)c1ccccc1-n1cnnc1. The normalized spacial score (nSPS) is 18.2. The van der Waals surface area contributed by atoms with E-state index in [2.05, 4.69) is 20.4 Å². The molecule has 2 N–H and O–H groups in total. The van der Waals surface area contributed by atoms with Gasteiger partial charge in [-0.25, -0.2) is 0 Å². The quantitative estimate of drug-likeness (QED) is 0.736. The van der Waals surface area contributed by atoms with E-state index in [-0.39, 0.29) is 12.5 Å². The number of hydrogen-bond acceptors (Lipinski definition) is 5. The van der Waals surface area contributed by atoms with Crippen molar-refractivity contribution in [1.29, 1.82) is 0 Å². The summed E-state index contributed by atoms with van der Waals surface area (Å²) in [5.41, 5.74) is 1.38. The predicted octanol–water partition coefficient (Wildman–Crippen LogP) is 1.09. The lowest BCUT2D eigenvalue weighted by molar-refractivity contribution is 0.0946. The summed E-state index contributed by atoms with van der Waals surface area (Å²) in [6.45, 7) is 3.90. The summed E-state index contributed by atoms with van der Waals surface area (Å²) in [4.78, 5) is 14.9. The number of nitrogens with one attached hydrogen (secondary N) is 1. The van der Waals surface area contributed by atoms with E-state index in [1.54, 1.807) is 23.3 Å². The minimum atomic E-state index is -0.0869. The van der Waals surface area contributed by atoms with E-state index in [9.17, 15) is 9.90 Å². The van der Waals surface area contributed by atoms with Crippen LogP contribution in [0.15, 0.2) is 36.9 Å². The molecule has 134 valence electrons. The molecule has 1 fully saturated rings. The Labute approximate surface area is 147 Å². The lowest BCUT2D eigenvalue weighted by atomic mass is 9.99. The summed E-state index contributed by atoms with van der Waals surface area (Å²) in [6, 6.07) is 7.42. The van der Waals surface area contributed by atoms with Crippen molar-refractivity contribution < 1.29 is 9.90 Å². The summed E-state index contributed by atoms with van der Waals surface area (Å²) >= 11 is 0. The molecule has 1 saturated heterocycles. The van der Waals surface area contributed by atoms with Crippen molar-refractivity contribution >= 4 is 5.91 Å². The van der Waals surface area contributed by atoms with Crippen LogP contribution in [-0.2, 0) is 0 Å². The van der Waals surface area contributed by atoms with Crippen molar-refractivity contribution in [1.82, 2.24) is 25.0 Å². The maximum absolute atomic E-state index is 12.5. The van der Waals surface area contributed by atoms with Gasteiger partial charge in [-0.1, -0.05) is 12.1 Å². The number of amides is 1. The number of para-hydroxylation sites is 1. The Morgan fingerprint density at radius 3 is 2.88 bits per heavy atom. The largest absolute Gasteiger partial charge is 0.396 e.